The lowest BCUT2D eigenvalue weighted by Gasteiger charge is -2.38. The molecule has 4 heterocycles. The maximum Gasteiger partial charge on any atom is 0.416 e. The maximum absolute atomic E-state index is 15.0. The number of aromatic nitrogens is 4. The molecule has 1 saturated heterocycles. The number of nitrogens with zero attached hydrogens (tertiary/aromatic N) is 5. The molecule has 2 aromatic heterocycles. The zero-order valence-electron chi connectivity index (χ0n) is 23.6. The SMILES string of the molecule is NC(Cn1c(=O)c2c(n(Cc3c(F)cccc3C(F)(F)F)c1=O)COC21CCN(Cc2cnccn2)CC1)c1ccccc1. The molecule has 13 heteroatoms. The van der Waals surface area contributed by atoms with Crippen LogP contribution in [0.15, 0.2) is 76.7 Å². The summed E-state index contributed by atoms with van der Waals surface area (Å²) in [6.45, 7) is 0.466. The minimum absolute atomic E-state index is 0.156. The highest BCUT2D eigenvalue weighted by molar-refractivity contribution is 5.35. The van der Waals surface area contributed by atoms with Gasteiger partial charge < -0.3 is 10.5 Å². The van der Waals surface area contributed by atoms with E-state index in [0.717, 1.165) is 33.0 Å². The largest absolute Gasteiger partial charge is 0.416 e. The van der Waals surface area contributed by atoms with Crippen molar-refractivity contribution in [3.63, 3.8) is 0 Å². The molecule has 1 atom stereocenters. The number of piperidine rings is 1. The molecule has 0 radical (unpaired) electrons. The third-order valence-corrected chi connectivity index (χ3v) is 8.49. The molecule has 2 N–H and O–H groups in total. The van der Waals surface area contributed by atoms with E-state index < -0.39 is 52.6 Å². The van der Waals surface area contributed by atoms with E-state index in [9.17, 15) is 27.2 Å². The molecule has 230 valence electrons. The van der Waals surface area contributed by atoms with Crippen molar-refractivity contribution in [1.82, 2.24) is 24.0 Å². The van der Waals surface area contributed by atoms with Crippen molar-refractivity contribution in [1.29, 1.82) is 0 Å². The van der Waals surface area contributed by atoms with E-state index in [0.29, 0.717) is 38.0 Å². The lowest BCUT2D eigenvalue weighted by atomic mass is 9.85. The fraction of sp³-hybridized carbons (Fsp3) is 0.355. The first kappa shape index (κ1) is 29.9. The Labute approximate surface area is 249 Å². The van der Waals surface area contributed by atoms with Gasteiger partial charge in [0.2, 0.25) is 0 Å². The van der Waals surface area contributed by atoms with Gasteiger partial charge in [-0.05, 0) is 30.5 Å². The van der Waals surface area contributed by atoms with Gasteiger partial charge in [0.15, 0.2) is 0 Å². The van der Waals surface area contributed by atoms with Crippen molar-refractivity contribution < 1.29 is 22.3 Å². The molecule has 0 bridgehead atoms. The van der Waals surface area contributed by atoms with E-state index in [1.807, 2.05) is 0 Å². The number of ether oxygens (including phenoxy) is 1. The van der Waals surface area contributed by atoms with Crippen LogP contribution in [0.1, 0.15) is 52.5 Å². The molecule has 0 saturated carbocycles. The van der Waals surface area contributed by atoms with Gasteiger partial charge in [-0.2, -0.15) is 13.2 Å². The fourth-order valence-corrected chi connectivity index (χ4v) is 6.20. The first-order valence-corrected chi connectivity index (χ1v) is 14.2. The Morgan fingerprint density at radius 2 is 1.73 bits per heavy atom. The molecule has 2 aliphatic heterocycles. The van der Waals surface area contributed by atoms with Gasteiger partial charge in [0.05, 0.1) is 42.2 Å². The van der Waals surface area contributed by atoms with Crippen LogP contribution in [0.2, 0.25) is 0 Å². The molecule has 0 amide bonds. The van der Waals surface area contributed by atoms with Gasteiger partial charge in [0.25, 0.3) is 5.56 Å². The highest BCUT2D eigenvalue weighted by Gasteiger charge is 2.47. The maximum atomic E-state index is 15.0. The number of fused-ring (bicyclic) bond motifs is 2. The number of benzene rings is 2. The molecule has 0 aliphatic carbocycles. The molecule has 44 heavy (non-hydrogen) atoms. The Balaban J connectivity index is 1.43. The summed E-state index contributed by atoms with van der Waals surface area (Å²) in [6.07, 6.45) is 0.806. The van der Waals surface area contributed by atoms with E-state index in [1.54, 1.807) is 48.9 Å². The van der Waals surface area contributed by atoms with Gasteiger partial charge in [0, 0.05) is 49.8 Å². The topological polar surface area (TPSA) is 108 Å². The van der Waals surface area contributed by atoms with Crippen LogP contribution < -0.4 is 17.0 Å². The zero-order valence-corrected chi connectivity index (χ0v) is 23.6. The predicted octanol–water partition coefficient (Wildman–Crippen LogP) is 3.73. The molecular weight excluding hydrogens is 580 g/mol. The monoisotopic (exact) mass is 610 g/mol. The van der Waals surface area contributed by atoms with Crippen molar-refractivity contribution in [3.8, 4) is 0 Å². The second-order valence-electron chi connectivity index (χ2n) is 11.1. The van der Waals surface area contributed by atoms with Gasteiger partial charge in [-0.1, -0.05) is 36.4 Å². The van der Waals surface area contributed by atoms with Crippen LogP contribution in [0.3, 0.4) is 0 Å². The Kier molecular flexibility index (Phi) is 7.95. The Morgan fingerprint density at radius 3 is 2.41 bits per heavy atom. The minimum atomic E-state index is -4.86. The summed E-state index contributed by atoms with van der Waals surface area (Å²) in [5, 5.41) is 0. The molecule has 6 rings (SSSR count). The molecule has 9 nitrogen and oxygen atoms in total. The number of likely N-dealkylation sites (tertiary alicyclic amines) is 1. The van der Waals surface area contributed by atoms with Crippen LogP contribution in [-0.4, -0.2) is 37.1 Å². The average Bonchev–Trinajstić information content (AvgIpc) is 3.38. The van der Waals surface area contributed by atoms with Crippen LogP contribution in [0, 0.1) is 5.82 Å². The zero-order chi connectivity index (χ0) is 31.1. The van der Waals surface area contributed by atoms with Crippen molar-refractivity contribution in [3.05, 3.63) is 127 Å². The van der Waals surface area contributed by atoms with Gasteiger partial charge in [-0.15, -0.1) is 0 Å². The Bertz CT molecular complexity index is 1770. The lowest BCUT2D eigenvalue weighted by Crippen LogP contribution is -2.49. The third kappa shape index (κ3) is 5.58. The Morgan fingerprint density at radius 1 is 0.977 bits per heavy atom. The summed E-state index contributed by atoms with van der Waals surface area (Å²) < 4.78 is 65.0. The average molecular weight is 611 g/mol. The molecular formula is C31H30F4N6O3. The summed E-state index contributed by atoms with van der Waals surface area (Å²) >= 11 is 0. The van der Waals surface area contributed by atoms with Crippen LogP contribution >= 0.6 is 0 Å². The van der Waals surface area contributed by atoms with E-state index in [-0.39, 0.29) is 24.4 Å². The highest BCUT2D eigenvalue weighted by Crippen LogP contribution is 2.43. The second-order valence-corrected chi connectivity index (χ2v) is 11.1. The number of nitrogens with two attached hydrogens (primary N) is 1. The quantitative estimate of drug-likeness (QED) is 0.318. The van der Waals surface area contributed by atoms with E-state index >= 15 is 0 Å². The molecule has 2 aliphatic rings. The minimum Gasteiger partial charge on any atom is -0.364 e. The molecule has 1 spiro atoms. The first-order valence-electron chi connectivity index (χ1n) is 14.2. The molecule has 1 fully saturated rings. The number of hydrogen-bond acceptors (Lipinski definition) is 7. The number of rotatable bonds is 7. The molecule has 2 aromatic carbocycles. The van der Waals surface area contributed by atoms with Crippen molar-refractivity contribution in [2.75, 3.05) is 13.1 Å². The van der Waals surface area contributed by atoms with Crippen LogP contribution in [-0.2, 0) is 42.8 Å². The normalized spacial score (nSPS) is 17.1. The molecule has 1 unspecified atom stereocenters. The summed E-state index contributed by atoms with van der Waals surface area (Å²) in [5.74, 6) is -1.11. The highest BCUT2D eigenvalue weighted by atomic mass is 19.4. The van der Waals surface area contributed by atoms with E-state index in [2.05, 4.69) is 14.9 Å². The number of alkyl halides is 3. The smallest absolute Gasteiger partial charge is 0.364 e. The third-order valence-electron chi connectivity index (χ3n) is 8.49. The number of hydrogen-bond donors (Lipinski definition) is 1. The van der Waals surface area contributed by atoms with E-state index in [1.165, 1.54) is 0 Å². The Hall–Kier alpha value is -4.20. The van der Waals surface area contributed by atoms with Gasteiger partial charge in [-0.25, -0.2) is 9.18 Å². The van der Waals surface area contributed by atoms with Crippen molar-refractivity contribution in [2.24, 2.45) is 5.73 Å². The first-order chi connectivity index (χ1) is 21.1. The summed E-state index contributed by atoms with van der Waals surface area (Å²) in [6, 6.07) is 10.8. The van der Waals surface area contributed by atoms with Gasteiger partial charge in [-0.3, -0.25) is 28.8 Å². The lowest BCUT2D eigenvalue weighted by molar-refractivity contribution is -0.138. The predicted molar refractivity (Wildman–Crippen MR) is 152 cm³/mol. The van der Waals surface area contributed by atoms with Gasteiger partial charge in [0.1, 0.15) is 11.4 Å². The molecule has 4 aromatic rings. The van der Waals surface area contributed by atoms with Gasteiger partial charge >= 0.3 is 11.9 Å². The van der Waals surface area contributed by atoms with Crippen LogP contribution in [0.5, 0.6) is 0 Å². The summed E-state index contributed by atoms with van der Waals surface area (Å²) in [5.41, 5.74) is 3.80. The van der Waals surface area contributed by atoms with Crippen molar-refractivity contribution in [2.45, 2.75) is 56.9 Å². The summed E-state index contributed by atoms with van der Waals surface area (Å²) in [4.78, 5) is 38.6. The van der Waals surface area contributed by atoms with Crippen molar-refractivity contribution >= 4 is 0 Å². The van der Waals surface area contributed by atoms with Crippen LogP contribution in [0.25, 0.3) is 0 Å². The summed E-state index contributed by atoms with van der Waals surface area (Å²) in [7, 11) is 0. The standard InChI is InChI=1S/C31H30F4N6O3/c32-24-8-4-7-23(31(33,34)35)22(24)17-40-26-19-44-30(9-13-39(14-10-30)16-21-15-37-11-12-38-21)27(26)28(42)41(29(40)43)18-25(36)20-5-2-1-3-6-20/h1-8,11-12,15,25H,9-10,13-14,16-19,36H2. The van der Waals surface area contributed by atoms with Crippen LogP contribution in [0.4, 0.5) is 17.6 Å². The number of halogens is 4. The fourth-order valence-electron chi connectivity index (χ4n) is 6.20. The van der Waals surface area contributed by atoms with E-state index in [4.69, 9.17) is 10.5 Å². The second kappa shape index (κ2) is 11.7.